The van der Waals surface area contributed by atoms with Crippen LogP contribution in [0.2, 0.25) is 0 Å². The Morgan fingerprint density at radius 2 is 2.08 bits per heavy atom. The molecule has 0 fully saturated rings. The van der Waals surface area contributed by atoms with E-state index in [0.717, 1.165) is 5.56 Å². The summed E-state index contributed by atoms with van der Waals surface area (Å²) in [6.07, 6.45) is 0. The molecule has 0 saturated carbocycles. The van der Waals surface area contributed by atoms with Crippen molar-refractivity contribution in [3.8, 4) is 5.75 Å². The maximum Gasteiger partial charge on any atom is 0.308 e. The molecule has 0 amide bonds. The molecule has 0 radical (unpaired) electrons. The van der Waals surface area contributed by atoms with Crippen molar-refractivity contribution in [1.82, 2.24) is 0 Å². The number of benzene rings is 1. The molecular formula is C10H11BrO2. The Morgan fingerprint density at radius 1 is 1.46 bits per heavy atom. The fourth-order valence-electron chi connectivity index (χ4n) is 1.06. The van der Waals surface area contributed by atoms with Crippen LogP contribution in [-0.4, -0.2) is 5.97 Å². The topological polar surface area (TPSA) is 26.3 Å². The van der Waals surface area contributed by atoms with Gasteiger partial charge in [-0.2, -0.15) is 0 Å². The van der Waals surface area contributed by atoms with E-state index in [0.29, 0.717) is 5.75 Å². The van der Waals surface area contributed by atoms with Crippen molar-refractivity contribution in [3.63, 3.8) is 0 Å². The van der Waals surface area contributed by atoms with Gasteiger partial charge in [0, 0.05) is 17.3 Å². The van der Waals surface area contributed by atoms with Gasteiger partial charge in [-0.1, -0.05) is 34.1 Å². The SMILES string of the molecule is CC(=O)Oc1ccccc1C(C)Br. The molecule has 0 saturated heterocycles. The summed E-state index contributed by atoms with van der Waals surface area (Å²) in [6, 6.07) is 7.48. The first-order valence-electron chi connectivity index (χ1n) is 4.02. The van der Waals surface area contributed by atoms with Crippen molar-refractivity contribution in [2.75, 3.05) is 0 Å². The number of para-hydroxylation sites is 1. The lowest BCUT2D eigenvalue weighted by molar-refractivity contribution is -0.131. The van der Waals surface area contributed by atoms with E-state index in [1.54, 1.807) is 6.07 Å². The van der Waals surface area contributed by atoms with Crippen LogP contribution in [0.25, 0.3) is 0 Å². The van der Waals surface area contributed by atoms with E-state index in [9.17, 15) is 4.79 Å². The lowest BCUT2D eigenvalue weighted by atomic mass is 10.1. The van der Waals surface area contributed by atoms with Gasteiger partial charge in [0.25, 0.3) is 0 Å². The van der Waals surface area contributed by atoms with E-state index in [-0.39, 0.29) is 10.8 Å². The number of rotatable bonds is 2. The van der Waals surface area contributed by atoms with Gasteiger partial charge >= 0.3 is 5.97 Å². The van der Waals surface area contributed by atoms with Crippen LogP contribution >= 0.6 is 15.9 Å². The van der Waals surface area contributed by atoms with Gasteiger partial charge in [-0.3, -0.25) is 4.79 Å². The normalized spacial score (nSPS) is 12.2. The number of hydrogen-bond acceptors (Lipinski definition) is 2. The molecule has 0 aliphatic carbocycles. The number of carbonyl (C=O) groups excluding carboxylic acids is 1. The summed E-state index contributed by atoms with van der Waals surface area (Å²) in [4.78, 5) is 10.9. The first-order chi connectivity index (χ1) is 6.11. The molecule has 1 unspecified atom stereocenters. The van der Waals surface area contributed by atoms with Crippen molar-refractivity contribution in [3.05, 3.63) is 29.8 Å². The molecule has 1 rings (SSSR count). The second-order valence-electron chi connectivity index (χ2n) is 2.75. The third kappa shape index (κ3) is 2.84. The Balaban J connectivity index is 2.97. The van der Waals surface area contributed by atoms with Gasteiger partial charge < -0.3 is 4.74 Å². The van der Waals surface area contributed by atoms with Crippen LogP contribution in [0.15, 0.2) is 24.3 Å². The fourth-order valence-corrected chi connectivity index (χ4v) is 1.44. The Hall–Kier alpha value is -0.830. The number of ether oxygens (including phenoxy) is 1. The maximum absolute atomic E-state index is 10.8. The van der Waals surface area contributed by atoms with Crippen molar-refractivity contribution in [2.24, 2.45) is 0 Å². The molecule has 0 aliphatic rings. The zero-order valence-electron chi connectivity index (χ0n) is 7.58. The van der Waals surface area contributed by atoms with Crippen molar-refractivity contribution >= 4 is 21.9 Å². The largest absolute Gasteiger partial charge is 0.426 e. The van der Waals surface area contributed by atoms with E-state index in [2.05, 4.69) is 15.9 Å². The summed E-state index contributed by atoms with van der Waals surface area (Å²) < 4.78 is 5.04. The number of halogens is 1. The van der Waals surface area contributed by atoms with Gasteiger partial charge in [0.1, 0.15) is 5.75 Å². The second-order valence-corrected chi connectivity index (χ2v) is 4.12. The van der Waals surface area contributed by atoms with Gasteiger partial charge in [0.05, 0.1) is 0 Å². The van der Waals surface area contributed by atoms with Crippen LogP contribution in [0.3, 0.4) is 0 Å². The summed E-state index contributed by atoms with van der Waals surface area (Å²) in [7, 11) is 0. The number of carbonyl (C=O) groups is 1. The van der Waals surface area contributed by atoms with E-state index >= 15 is 0 Å². The fraction of sp³-hybridized carbons (Fsp3) is 0.300. The average molecular weight is 243 g/mol. The zero-order valence-corrected chi connectivity index (χ0v) is 9.17. The van der Waals surface area contributed by atoms with Gasteiger partial charge in [0.15, 0.2) is 0 Å². The quantitative estimate of drug-likeness (QED) is 0.453. The van der Waals surface area contributed by atoms with Crippen LogP contribution < -0.4 is 4.74 Å². The third-order valence-electron chi connectivity index (χ3n) is 1.60. The maximum atomic E-state index is 10.8. The minimum absolute atomic E-state index is 0.183. The number of esters is 1. The standard InChI is InChI=1S/C10H11BrO2/c1-7(11)9-5-3-4-6-10(9)13-8(2)12/h3-7H,1-2H3. The molecule has 0 aliphatic heterocycles. The van der Waals surface area contributed by atoms with Gasteiger partial charge in [-0.05, 0) is 13.0 Å². The van der Waals surface area contributed by atoms with E-state index in [1.165, 1.54) is 6.92 Å². The molecular weight excluding hydrogens is 232 g/mol. The Morgan fingerprint density at radius 3 is 2.62 bits per heavy atom. The monoisotopic (exact) mass is 242 g/mol. The predicted octanol–water partition coefficient (Wildman–Crippen LogP) is 3.07. The van der Waals surface area contributed by atoms with E-state index in [4.69, 9.17) is 4.74 Å². The molecule has 0 heterocycles. The first kappa shape index (κ1) is 10.3. The van der Waals surface area contributed by atoms with Crippen LogP contribution in [0.1, 0.15) is 24.2 Å². The van der Waals surface area contributed by atoms with Crippen molar-refractivity contribution < 1.29 is 9.53 Å². The molecule has 1 aromatic rings. The number of hydrogen-bond donors (Lipinski definition) is 0. The molecule has 3 heteroatoms. The molecule has 0 spiro atoms. The molecule has 13 heavy (non-hydrogen) atoms. The highest BCUT2D eigenvalue weighted by molar-refractivity contribution is 9.09. The molecule has 0 N–H and O–H groups in total. The smallest absolute Gasteiger partial charge is 0.308 e. The van der Waals surface area contributed by atoms with Crippen LogP contribution in [0, 0.1) is 0 Å². The van der Waals surface area contributed by atoms with Gasteiger partial charge in [0.2, 0.25) is 0 Å². The molecule has 2 nitrogen and oxygen atoms in total. The van der Waals surface area contributed by atoms with Crippen molar-refractivity contribution in [2.45, 2.75) is 18.7 Å². The molecule has 70 valence electrons. The summed E-state index contributed by atoms with van der Waals surface area (Å²) in [5, 5.41) is 0. The predicted molar refractivity (Wildman–Crippen MR) is 55.1 cm³/mol. The third-order valence-corrected chi connectivity index (χ3v) is 2.09. The molecule has 0 aromatic heterocycles. The number of alkyl halides is 1. The molecule has 1 atom stereocenters. The highest BCUT2D eigenvalue weighted by Gasteiger charge is 2.08. The summed E-state index contributed by atoms with van der Waals surface area (Å²) in [6.45, 7) is 3.39. The Labute approximate surface area is 86.0 Å². The summed E-state index contributed by atoms with van der Waals surface area (Å²) in [5.41, 5.74) is 0.984. The van der Waals surface area contributed by atoms with Crippen LogP contribution in [0.4, 0.5) is 0 Å². The van der Waals surface area contributed by atoms with Gasteiger partial charge in [-0.15, -0.1) is 0 Å². The van der Waals surface area contributed by atoms with Crippen LogP contribution in [-0.2, 0) is 4.79 Å². The van der Waals surface area contributed by atoms with Gasteiger partial charge in [-0.25, -0.2) is 0 Å². The second kappa shape index (κ2) is 4.42. The Bertz CT molecular complexity index is 308. The zero-order chi connectivity index (χ0) is 9.84. The highest BCUT2D eigenvalue weighted by Crippen LogP contribution is 2.30. The first-order valence-corrected chi connectivity index (χ1v) is 4.94. The highest BCUT2D eigenvalue weighted by atomic mass is 79.9. The van der Waals surface area contributed by atoms with E-state index in [1.807, 2.05) is 25.1 Å². The Kier molecular flexibility index (Phi) is 3.48. The minimum atomic E-state index is -0.291. The van der Waals surface area contributed by atoms with E-state index < -0.39 is 0 Å². The summed E-state index contributed by atoms with van der Waals surface area (Å²) in [5.74, 6) is 0.333. The lowest BCUT2D eigenvalue weighted by Gasteiger charge is -2.09. The molecule has 1 aromatic carbocycles. The minimum Gasteiger partial charge on any atom is -0.426 e. The summed E-state index contributed by atoms with van der Waals surface area (Å²) >= 11 is 3.43. The van der Waals surface area contributed by atoms with Crippen molar-refractivity contribution in [1.29, 1.82) is 0 Å². The molecule has 0 bridgehead atoms. The van der Waals surface area contributed by atoms with Crippen LogP contribution in [0.5, 0.6) is 5.75 Å². The average Bonchev–Trinajstić information content (AvgIpc) is 2.03. The lowest BCUT2D eigenvalue weighted by Crippen LogP contribution is -2.03.